The Hall–Kier alpha value is -2.46. The standard InChI is InChI=1S/C24H24ClFO3/c1-6-13-7-8-14(16-10-9-15(25)12-18(16)26)11-17(13)19-20(27)23(2,3)22(29)24(4,5)21(19)28/h7-12,27H,6H2,1-5H3. The molecule has 0 unspecified atom stereocenters. The quantitative estimate of drug-likeness (QED) is 0.610. The molecule has 5 heteroatoms. The van der Waals surface area contributed by atoms with Gasteiger partial charge in [-0.25, -0.2) is 4.39 Å². The van der Waals surface area contributed by atoms with E-state index in [4.69, 9.17) is 11.6 Å². The summed E-state index contributed by atoms with van der Waals surface area (Å²) in [5.41, 5.74) is -0.0676. The predicted molar refractivity (Wildman–Crippen MR) is 113 cm³/mol. The van der Waals surface area contributed by atoms with Crippen molar-refractivity contribution >= 4 is 28.7 Å². The second-order valence-corrected chi connectivity index (χ2v) is 8.92. The van der Waals surface area contributed by atoms with Gasteiger partial charge in [-0.1, -0.05) is 30.7 Å². The van der Waals surface area contributed by atoms with Crippen LogP contribution in [-0.2, 0) is 16.0 Å². The lowest BCUT2D eigenvalue weighted by Crippen LogP contribution is -2.48. The number of benzene rings is 2. The van der Waals surface area contributed by atoms with Crippen molar-refractivity contribution in [1.29, 1.82) is 0 Å². The highest BCUT2D eigenvalue weighted by Crippen LogP contribution is 2.47. The van der Waals surface area contributed by atoms with Crippen molar-refractivity contribution in [3.8, 4) is 11.1 Å². The van der Waals surface area contributed by atoms with Gasteiger partial charge in [0, 0.05) is 10.6 Å². The number of halogens is 2. The Bertz CT molecular complexity index is 1060. The number of aliphatic hydroxyl groups excluding tert-OH is 1. The highest BCUT2D eigenvalue weighted by molar-refractivity contribution is 6.34. The Morgan fingerprint density at radius 1 is 0.966 bits per heavy atom. The van der Waals surface area contributed by atoms with Crippen LogP contribution in [-0.4, -0.2) is 16.7 Å². The number of aryl methyl sites for hydroxylation is 1. The highest BCUT2D eigenvalue weighted by atomic mass is 35.5. The second kappa shape index (κ2) is 7.10. The highest BCUT2D eigenvalue weighted by Gasteiger charge is 2.53. The van der Waals surface area contributed by atoms with Crippen LogP contribution in [0.4, 0.5) is 4.39 Å². The lowest BCUT2D eigenvalue weighted by Gasteiger charge is -2.38. The molecule has 0 spiro atoms. The van der Waals surface area contributed by atoms with Gasteiger partial charge in [0.25, 0.3) is 0 Å². The summed E-state index contributed by atoms with van der Waals surface area (Å²) in [6.45, 7) is 8.34. The van der Waals surface area contributed by atoms with Crippen molar-refractivity contribution < 1.29 is 19.1 Å². The SMILES string of the molecule is CCc1ccc(-c2ccc(Cl)cc2F)cc1C1=C(O)C(C)(C)C(=O)C(C)(C)C1=O. The summed E-state index contributed by atoms with van der Waals surface area (Å²) in [4.78, 5) is 26.1. The molecule has 0 saturated heterocycles. The second-order valence-electron chi connectivity index (χ2n) is 8.48. The Morgan fingerprint density at radius 2 is 1.62 bits per heavy atom. The van der Waals surface area contributed by atoms with Gasteiger partial charge in [-0.15, -0.1) is 0 Å². The van der Waals surface area contributed by atoms with E-state index in [2.05, 4.69) is 0 Å². The molecular weight excluding hydrogens is 391 g/mol. The lowest BCUT2D eigenvalue weighted by atomic mass is 9.62. The fourth-order valence-corrected chi connectivity index (χ4v) is 4.14. The molecule has 152 valence electrons. The number of ketones is 2. The van der Waals surface area contributed by atoms with Crippen LogP contribution in [0.1, 0.15) is 45.7 Å². The molecule has 1 N–H and O–H groups in total. The molecule has 0 fully saturated rings. The number of hydrogen-bond acceptors (Lipinski definition) is 3. The van der Waals surface area contributed by atoms with Crippen LogP contribution in [0.15, 0.2) is 42.2 Å². The average Bonchev–Trinajstić information content (AvgIpc) is 2.66. The third-order valence-corrected chi connectivity index (χ3v) is 6.00. The third kappa shape index (κ3) is 3.29. The molecular formula is C24H24ClFO3. The normalized spacial score (nSPS) is 18.3. The van der Waals surface area contributed by atoms with Crippen LogP contribution in [0.5, 0.6) is 0 Å². The van der Waals surface area contributed by atoms with E-state index >= 15 is 0 Å². The van der Waals surface area contributed by atoms with Gasteiger partial charge in [0.1, 0.15) is 11.6 Å². The predicted octanol–water partition coefficient (Wildman–Crippen LogP) is 6.18. The molecule has 3 nitrogen and oxygen atoms in total. The van der Waals surface area contributed by atoms with Crippen LogP contribution in [0.25, 0.3) is 16.7 Å². The minimum atomic E-state index is -1.27. The van der Waals surface area contributed by atoms with Gasteiger partial charge < -0.3 is 5.11 Å². The molecule has 0 amide bonds. The summed E-state index contributed by atoms with van der Waals surface area (Å²) >= 11 is 5.86. The summed E-state index contributed by atoms with van der Waals surface area (Å²) in [5, 5.41) is 11.2. The van der Waals surface area contributed by atoms with Crippen LogP contribution in [0.3, 0.4) is 0 Å². The molecule has 1 aliphatic carbocycles. The molecule has 0 saturated carbocycles. The molecule has 0 aromatic heterocycles. The summed E-state index contributed by atoms with van der Waals surface area (Å²) in [6, 6.07) is 9.72. The smallest absolute Gasteiger partial charge is 0.179 e. The van der Waals surface area contributed by atoms with Crippen LogP contribution in [0.2, 0.25) is 5.02 Å². The Labute approximate surface area is 175 Å². The Balaban J connectivity index is 2.31. The molecule has 0 aliphatic heterocycles. The summed E-state index contributed by atoms with van der Waals surface area (Å²) in [5.74, 6) is -1.47. The summed E-state index contributed by atoms with van der Waals surface area (Å²) in [7, 11) is 0. The molecule has 1 aliphatic rings. The minimum absolute atomic E-state index is 0.132. The first-order valence-electron chi connectivity index (χ1n) is 9.55. The van der Waals surface area contributed by atoms with E-state index in [0.717, 1.165) is 5.56 Å². The minimum Gasteiger partial charge on any atom is -0.510 e. The Morgan fingerprint density at radius 3 is 2.21 bits per heavy atom. The molecule has 2 aromatic rings. The van der Waals surface area contributed by atoms with Gasteiger partial charge in [-0.05, 0) is 75.1 Å². The molecule has 0 heterocycles. The van der Waals surface area contributed by atoms with Crippen molar-refractivity contribution in [3.05, 3.63) is 64.1 Å². The van der Waals surface area contributed by atoms with E-state index < -0.39 is 22.4 Å². The largest absolute Gasteiger partial charge is 0.510 e. The van der Waals surface area contributed by atoms with Gasteiger partial charge in [0.05, 0.1) is 16.4 Å². The van der Waals surface area contributed by atoms with Crippen molar-refractivity contribution in [2.75, 3.05) is 0 Å². The zero-order valence-corrected chi connectivity index (χ0v) is 17.9. The topological polar surface area (TPSA) is 54.4 Å². The van der Waals surface area contributed by atoms with Crippen LogP contribution < -0.4 is 0 Å². The van der Waals surface area contributed by atoms with E-state index in [1.807, 2.05) is 13.0 Å². The van der Waals surface area contributed by atoms with Gasteiger partial charge in [0.2, 0.25) is 0 Å². The lowest BCUT2D eigenvalue weighted by molar-refractivity contribution is -0.143. The van der Waals surface area contributed by atoms with E-state index in [-0.39, 0.29) is 17.1 Å². The summed E-state index contributed by atoms with van der Waals surface area (Å²) in [6.07, 6.45) is 0.609. The zero-order valence-electron chi connectivity index (χ0n) is 17.2. The fraction of sp³-hybridized carbons (Fsp3) is 0.333. The van der Waals surface area contributed by atoms with Gasteiger partial charge in [-0.3, -0.25) is 9.59 Å². The zero-order chi connectivity index (χ0) is 21.7. The number of aliphatic hydroxyl groups is 1. The van der Waals surface area contributed by atoms with Crippen molar-refractivity contribution in [1.82, 2.24) is 0 Å². The molecule has 0 radical (unpaired) electrons. The molecule has 0 bridgehead atoms. The van der Waals surface area contributed by atoms with E-state index in [1.165, 1.54) is 6.07 Å². The van der Waals surface area contributed by atoms with E-state index in [9.17, 15) is 19.1 Å². The van der Waals surface area contributed by atoms with Crippen molar-refractivity contribution in [3.63, 3.8) is 0 Å². The number of hydrogen-bond donors (Lipinski definition) is 1. The number of rotatable bonds is 3. The van der Waals surface area contributed by atoms with Gasteiger partial charge in [0.15, 0.2) is 11.6 Å². The number of carbonyl (C=O) groups is 2. The third-order valence-electron chi connectivity index (χ3n) is 5.76. The maximum absolute atomic E-state index is 14.5. The molecule has 3 rings (SSSR count). The average molecular weight is 415 g/mol. The number of allylic oxidation sites excluding steroid dienone is 2. The maximum atomic E-state index is 14.5. The van der Waals surface area contributed by atoms with E-state index in [0.29, 0.717) is 28.1 Å². The monoisotopic (exact) mass is 414 g/mol. The molecule has 2 aromatic carbocycles. The van der Waals surface area contributed by atoms with Gasteiger partial charge >= 0.3 is 0 Å². The molecule has 0 atom stereocenters. The molecule has 29 heavy (non-hydrogen) atoms. The van der Waals surface area contributed by atoms with Crippen molar-refractivity contribution in [2.45, 2.75) is 41.0 Å². The fourth-order valence-electron chi connectivity index (χ4n) is 3.98. The first-order chi connectivity index (χ1) is 13.4. The number of Topliss-reactive ketones (excluding diaryl/α,β-unsaturated/α-hetero) is 2. The van der Waals surface area contributed by atoms with Crippen LogP contribution in [0, 0.1) is 16.6 Å². The first-order valence-corrected chi connectivity index (χ1v) is 9.92. The van der Waals surface area contributed by atoms with Crippen LogP contribution >= 0.6 is 11.6 Å². The van der Waals surface area contributed by atoms with Gasteiger partial charge in [-0.2, -0.15) is 0 Å². The Kier molecular flexibility index (Phi) is 5.20. The maximum Gasteiger partial charge on any atom is 0.179 e. The first kappa shape index (κ1) is 21.3. The van der Waals surface area contributed by atoms with Crippen molar-refractivity contribution in [2.24, 2.45) is 10.8 Å². The summed E-state index contributed by atoms with van der Waals surface area (Å²) < 4.78 is 14.5. The number of carbonyl (C=O) groups excluding carboxylic acids is 2. The van der Waals surface area contributed by atoms with E-state index in [1.54, 1.807) is 52.0 Å².